The Morgan fingerprint density at radius 3 is 2.35 bits per heavy atom. The number of ether oxygens (including phenoxy) is 1. The Balaban J connectivity index is 3.43. The van der Waals surface area contributed by atoms with Crippen LogP contribution in [0, 0.1) is 0 Å². The highest BCUT2D eigenvalue weighted by Gasteiger charge is 2.33. The lowest BCUT2D eigenvalue weighted by atomic mass is 10.1. The number of hydrogen-bond donors (Lipinski definition) is 0. The van der Waals surface area contributed by atoms with Crippen LogP contribution in [0.25, 0.3) is 0 Å². The molecule has 0 saturated heterocycles. The second-order valence-electron chi connectivity index (χ2n) is 5.62. The molecule has 1 heterocycles. The highest BCUT2D eigenvalue weighted by molar-refractivity contribution is 5.53. The third-order valence-electron chi connectivity index (χ3n) is 3.78. The molecule has 0 N–H and O–H groups in total. The van der Waals surface area contributed by atoms with Crippen molar-refractivity contribution in [2.24, 2.45) is 0 Å². The second-order valence-corrected chi connectivity index (χ2v) is 5.62. The topological polar surface area (TPSA) is 25.4 Å². The third kappa shape index (κ3) is 5.93. The molecule has 1 aromatic heterocycles. The van der Waals surface area contributed by atoms with Crippen LogP contribution >= 0.6 is 0 Å². The van der Waals surface area contributed by atoms with Gasteiger partial charge in [0.2, 0.25) is 0 Å². The molecule has 1 aromatic rings. The molecule has 0 fully saturated rings. The lowest BCUT2D eigenvalue weighted by Crippen LogP contribution is -2.22. The summed E-state index contributed by atoms with van der Waals surface area (Å²) in [6, 6.07) is 3.71. The van der Waals surface area contributed by atoms with Gasteiger partial charge in [-0.3, -0.25) is 0 Å². The molecular weight excluding hydrogens is 341 g/mol. The molecular formula is C20H27F3N2O. The summed E-state index contributed by atoms with van der Waals surface area (Å²) in [4.78, 5) is 5.98. The summed E-state index contributed by atoms with van der Waals surface area (Å²) < 4.78 is 45.7. The standard InChI is InChI=1S/C20H27F3N2O/c1-6-10-16(20(21,22)23)13-17(18(8-3)26-9-4)25(5)19-12-11-15(7-2)14-24-19/h8,10-14H,6-7,9H2,1-5H3/b16-10-,17-13-,18-8-. The Morgan fingerprint density at radius 2 is 1.92 bits per heavy atom. The van der Waals surface area contributed by atoms with Crippen LogP contribution in [0.15, 0.2) is 53.6 Å². The summed E-state index contributed by atoms with van der Waals surface area (Å²) >= 11 is 0. The monoisotopic (exact) mass is 368 g/mol. The number of aryl methyl sites for hydroxylation is 1. The molecule has 0 bridgehead atoms. The van der Waals surface area contributed by atoms with Crippen LogP contribution in [0.2, 0.25) is 0 Å². The van der Waals surface area contributed by atoms with Gasteiger partial charge in [0.05, 0.1) is 17.9 Å². The van der Waals surface area contributed by atoms with E-state index in [1.54, 1.807) is 51.1 Å². The fourth-order valence-electron chi connectivity index (χ4n) is 2.37. The van der Waals surface area contributed by atoms with E-state index in [4.69, 9.17) is 4.74 Å². The summed E-state index contributed by atoms with van der Waals surface area (Å²) in [6.07, 6.45) is 2.36. The van der Waals surface area contributed by atoms with Crippen molar-refractivity contribution in [2.45, 2.75) is 46.7 Å². The van der Waals surface area contributed by atoms with E-state index in [-0.39, 0.29) is 6.42 Å². The van der Waals surface area contributed by atoms with Crippen molar-refractivity contribution in [1.29, 1.82) is 0 Å². The summed E-state index contributed by atoms with van der Waals surface area (Å²) in [6.45, 7) is 7.57. The lowest BCUT2D eigenvalue weighted by Gasteiger charge is -2.25. The minimum Gasteiger partial charge on any atom is -0.492 e. The molecule has 0 aliphatic carbocycles. The number of pyridine rings is 1. The summed E-state index contributed by atoms with van der Waals surface area (Å²) in [5.41, 5.74) is 0.666. The smallest absolute Gasteiger partial charge is 0.416 e. The zero-order valence-corrected chi connectivity index (χ0v) is 16.0. The number of halogens is 3. The molecule has 144 valence electrons. The average Bonchev–Trinajstić information content (AvgIpc) is 2.62. The maximum Gasteiger partial charge on any atom is 0.416 e. The fraction of sp³-hybridized carbons (Fsp3) is 0.450. The Bertz CT molecular complexity index is 659. The van der Waals surface area contributed by atoms with Crippen LogP contribution in [0.5, 0.6) is 0 Å². The number of allylic oxidation sites excluding steroid dienone is 4. The van der Waals surface area contributed by atoms with Crippen molar-refractivity contribution in [2.75, 3.05) is 18.6 Å². The van der Waals surface area contributed by atoms with Gasteiger partial charge >= 0.3 is 6.18 Å². The van der Waals surface area contributed by atoms with Crippen molar-refractivity contribution in [3.63, 3.8) is 0 Å². The first kappa shape index (κ1) is 21.8. The van der Waals surface area contributed by atoms with E-state index in [0.29, 0.717) is 23.9 Å². The third-order valence-corrected chi connectivity index (χ3v) is 3.78. The lowest BCUT2D eigenvalue weighted by molar-refractivity contribution is -0.0885. The predicted octanol–water partition coefficient (Wildman–Crippen LogP) is 5.80. The van der Waals surface area contributed by atoms with Crippen molar-refractivity contribution in [1.82, 2.24) is 4.98 Å². The van der Waals surface area contributed by atoms with Gasteiger partial charge < -0.3 is 9.64 Å². The van der Waals surface area contributed by atoms with E-state index in [1.807, 2.05) is 13.0 Å². The van der Waals surface area contributed by atoms with Gasteiger partial charge in [-0.25, -0.2) is 4.98 Å². The predicted molar refractivity (Wildman–Crippen MR) is 99.9 cm³/mol. The number of rotatable bonds is 8. The highest BCUT2D eigenvalue weighted by Crippen LogP contribution is 2.31. The molecule has 0 spiro atoms. The highest BCUT2D eigenvalue weighted by atomic mass is 19.4. The van der Waals surface area contributed by atoms with Gasteiger partial charge in [0.15, 0.2) is 0 Å². The van der Waals surface area contributed by atoms with E-state index in [0.717, 1.165) is 18.1 Å². The largest absolute Gasteiger partial charge is 0.492 e. The SMILES string of the molecule is C/C=C(OCC)/C(=C/C(=C/CC)C(F)(F)F)N(C)c1ccc(CC)cn1. The Labute approximate surface area is 153 Å². The van der Waals surface area contributed by atoms with E-state index in [1.165, 1.54) is 6.08 Å². The summed E-state index contributed by atoms with van der Waals surface area (Å²) in [5, 5.41) is 0. The van der Waals surface area contributed by atoms with Crippen molar-refractivity contribution >= 4 is 5.82 Å². The van der Waals surface area contributed by atoms with Gasteiger partial charge in [0.1, 0.15) is 11.6 Å². The Kier molecular flexibility index (Phi) is 8.42. The molecule has 0 atom stereocenters. The average molecular weight is 368 g/mol. The van der Waals surface area contributed by atoms with Crippen LogP contribution in [0.4, 0.5) is 19.0 Å². The van der Waals surface area contributed by atoms with Crippen molar-refractivity contribution < 1.29 is 17.9 Å². The zero-order valence-electron chi connectivity index (χ0n) is 16.0. The summed E-state index contributed by atoms with van der Waals surface area (Å²) in [5.74, 6) is 0.924. The maximum atomic E-state index is 13.4. The van der Waals surface area contributed by atoms with E-state index < -0.39 is 11.7 Å². The normalized spacial score (nSPS) is 13.8. The molecule has 0 radical (unpaired) electrons. The molecule has 0 unspecified atom stereocenters. The number of alkyl halides is 3. The molecule has 6 heteroatoms. The van der Waals surface area contributed by atoms with Crippen LogP contribution < -0.4 is 4.90 Å². The molecule has 1 rings (SSSR count). The minimum absolute atomic E-state index is 0.283. The first-order valence-corrected chi connectivity index (χ1v) is 8.75. The Morgan fingerprint density at radius 1 is 1.23 bits per heavy atom. The summed E-state index contributed by atoms with van der Waals surface area (Å²) in [7, 11) is 1.68. The van der Waals surface area contributed by atoms with Gasteiger partial charge in [-0.05, 0) is 50.5 Å². The van der Waals surface area contributed by atoms with Crippen molar-refractivity contribution in [3.8, 4) is 0 Å². The van der Waals surface area contributed by atoms with E-state index in [9.17, 15) is 13.2 Å². The Hall–Kier alpha value is -2.24. The molecule has 0 aliphatic heterocycles. The number of nitrogens with zero attached hydrogens (tertiary/aromatic N) is 2. The molecule has 0 aliphatic rings. The molecule has 0 aromatic carbocycles. The van der Waals surface area contributed by atoms with Crippen LogP contribution in [0.3, 0.4) is 0 Å². The van der Waals surface area contributed by atoms with Gasteiger partial charge in [-0.2, -0.15) is 13.2 Å². The first-order chi connectivity index (χ1) is 12.3. The van der Waals surface area contributed by atoms with Gasteiger partial charge in [0, 0.05) is 13.2 Å². The van der Waals surface area contributed by atoms with Crippen LogP contribution in [-0.4, -0.2) is 24.8 Å². The van der Waals surface area contributed by atoms with Crippen LogP contribution in [0.1, 0.15) is 39.7 Å². The number of aromatic nitrogens is 1. The van der Waals surface area contributed by atoms with E-state index >= 15 is 0 Å². The first-order valence-electron chi connectivity index (χ1n) is 8.75. The molecule has 0 amide bonds. The van der Waals surface area contributed by atoms with Gasteiger partial charge in [0.25, 0.3) is 0 Å². The van der Waals surface area contributed by atoms with Gasteiger partial charge in [-0.1, -0.05) is 26.0 Å². The molecule has 26 heavy (non-hydrogen) atoms. The van der Waals surface area contributed by atoms with E-state index in [2.05, 4.69) is 4.98 Å². The quantitative estimate of drug-likeness (QED) is 0.428. The number of anilines is 1. The molecule has 3 nitrogen and oxygen atoms in total. The van der Waals surface area contributed by atoms with Gasteiger partial charge in [-0.15, -0.1) is 0 Å². The van der Waals surface area contributed by atoms with Crippen LogP contribution in [-0.2, 0) is 11.2 Å². The fourth-order valence-corrected chi connectivity index (χ4v) is 2.37. The molecule has 0 saturated carbocycles. The second kappa shape index (κ2) is 10.0. The minimum atomic E-state index is -4.44. The zero-order chi connectivity index (χ0) is 19.7. The number of likely N-dealkylation sites (N-methyl/N-ethyl adjacent to an activating group) is 1. The van der Waals surface area contributed by atoms with Crippen molar-refractivity contribution in [3.05, 3.63) is 59.2 Å². The maximum absolute atomic E-state index is 13.4. The number of hydrogen-bond acceptors (Lipinski definition) is 3.